The summed E-state index contributed by atoms with van der Waals surface area (Å²) in [5, 5.41) is 6.56. The second-order valence-corrected chi connectivity index (χ2v) is 5.59. The molecule has 0 saturated heterocycles. The van der Waals surface area contributed by atoms with Crippen molar-refractivity contribution in [3.8, 4) is 5.75 Å². The molecule has 2 aromatic rings. The van der Waals surface area contributed by atoms with Crippen LogP contribution in [0, 0.1) is 6.92 Å². The second-order valence-electron chi connectivity index (χ2n) is 4.09. The first kappa shape index (κ1) is 15.2. The lowest BCUT2D eigenvalue weighted by Crippen LogP contribution is -2.14. The van der Waals surface area contributed by atoms with E-state index in [0.29, 0.717) is 23.7 Å². The number of nitrogens with zero attached hydrogens (tertiary/aromatic N) is 1. The van der Waals surface area contributed by atoms with Crippen LogP contribution >= 0.6 is 22.9 Å². The molecular formula is C13H13ClF2N2OS. The quantitative estimate of drug-likeness (QED) is 0.874. The topological polar surface area (TPSA) is 34.2 Å². The van der Waals surface area contributed by atoms with E-state index in [2.05, 4.69) is 15.0 Å². The number of halogens is 3. The van der Waals surface area contributed by atoms with Crippen molar-refractivity contribution in [2.45, 2.75) is 26.6 Å². The molecule has 0 bridgehead atoms. The number of rotatable bonds is 6. The van der Waals surface area contributed by atoms with Crippen molar-refractivity contribution in [2.75, 3.05) is 0 Å². The molecule has 0 unspecified atom stereocenters. The van der Waals surface area contributed by atoms with Gasteiger partial charge in [0.25, 0.3) is 0 Å². The van der Waals surface area contributed by atoms with Crippen LogP contribution in [0.3, 0.4) is 0 Å². The third-order valence-electron chi connectivity index (χ3n) is 2.53. The van der Waals surface area contributed by atoms with E-state index >= 15 is 0 Å². The van der Waals surface area contributed by atoms with Gasteiger partial charge >= 0.3 is 6.61 Å². The Morgan fingerprint density at radius 3 is 2.85 bits per heavy atom. The lowest BCUT2D eigenvalue weighted by Gasteiger charge is -2.11. The van der Waals surface area contributed by atoms with E-state index in [0.717, 1.165) is 10.7 Å². The first-order valence-electron chi connectivity index (χ1n) is 5.89. The van der Waals surface area contributed by atoms with Gasteiger partial charge in [0.15, 0.2) is 0 Å². The number of benzene rings is 1. The summed E-state index contributed by atoms with van der Waals surface area (Å²) in [4.78, 5) is 4.31. The van der Waals surface area contributed by atoms with E-state index in [1.54, 1.807) is 17.4 Å². The lowest BCUT2D eigenvalue weighted by atomic mass is 10.2. The van der Waals surface area contributed by atoms with Crippen LogP contribution in [0.5, 0.6) is 5.75 Å². The van der Waals surface area contributed by atoms with Gasteiger partial charge in [-0.15, -0.1) is 11.3 Å². The highest BCUT2D eigenvalue weighted by molar-refractivity contribution is 7.09. The minimum Gasteiger partial charge on any atom is -0.434 e. The molecule has 0 radical (unpaired) electrons. The van der Waals surface area contributed by atoms with E-state index in [4.69, 9.17) is 11.6 Å². The zero-order chi connectivity index (χ0) is 14.5. The highest BCUT2D eigenvalue weighted by Crippen LogP contribution is 2.24. The number of aryl methyl sites for hydroxylation is 1. The normalized spacial score (nSPS) is 11.1. The highest BCUT2D eigenvalue weighted by Gasteiger charge is 2.10. The molecule has 0 saturated carbocycles. The minimum atomic E-state index is -2.85. The van der Waals surface area contributed by atoms with Crippen LogP contribution in [0.2, 0.25) is 5.02 Å². The van der Waals surface area contributed by atoms with E-state index in [-0.39, 0.29) is 5.75 Å². The van der Waals surface area contributed by atoms with Crippen molar-refractivity contribution in [1.82, 2.24) is 10.3 Å². The molecule has 2 rings (SSSR count). The molecule has 1 N–H and O–H groups in total. The Morgan fingerprint density at radius 2 is 2.20 bits per heavy atom. The van der Waals surface area contributed by atoms with Crippen LogP contribution in [0.25, 0.3) is 0 Å². The molecule has 0 fully saturated rings. The Labute approximate surface area is 124 Å². The predicted octanol–water partition coefficient (Wildman–Crippen LogP) is 4.00. The van der Waals surface area contributed by atoms with Crippen molar-refractivity contribution >= 4 is 22.9 Å². The summed E-state index contributed by atoms with van der Waals surface area (Å²) < 4.78 is 29.1. The zero-order valence-electron chi connectivity index (χ0n) is 10.7. The molecule has 1 aromatic heterocycles. The molecule has 1 heterocycles. The van der Waals surface area contributed by atoms with Crippen molar-refractivity contribution < 1.29 is 13.5 Å². The van der Waals surface area contributed by atoms with Crippen LogP contribution in [-0.4, -0.2) is 11.6 Å². The molecule has 0 spiro atoms. The average molecular weight is 319 g/mol. The molecule has 3 nitrogen and oxygen atoms in total. The number of alkyl halides is 2. The average Bonchev–Trinajstić information content (AvgIpc) is 2.78. The van der Waals surface area contributed by atoms with Gasteiger partial charge in [-0.3, -0.25) is 0 Å². The van der Waals surface area contributed by atoms with Gasteiger partial charge in [0.2, 0.25) is 0 Å². The number of nitrogens with one attached hydrogen (secondary N) is 1. The van der Waals surface area contributed by atoms with Gasteiger partial charge in [-0.2, -0.15) is 8.78 Å². The van der Waals surface area contributed by atoms with Gasteiger partial charge in [0.05, 0.1) is 10.7 Å². The lowest BCUT2D eigenvalue weighted by molar-refractivity contribution is -0.0505. The summed E-state index contributed by atoms with van der Waals surface area (Å²) in [5.41, 5.74) is 1.51. The summed E-state index contributed by atoms with van der Waals surface area (Å²) in [6.07, 6.45) is 0. The highest BCUT2D eigenvalue weighted by atomic mass is 35.5. The van der Waals surface area contributed by atoms with Gasteiger partial charge in [0, 0.05) is 29.1 Å². The molecule has 0 aliphatic heterocycles. The fraction of sp³-hybridized carbons (Fsp3) is 0.308. The third-order valence-corrected chi connectivity index (χ3v) is 3.58. The van der Waals surface area contributed by atoms with Gasteiger partial charge in [-0.05, 0) is 25.1 Å². The maximum atomic E-state index is 12.3. The molecule has 0 aliphatic carbocycles. The first-order valence-corrected chi connectivity index (χ1v) is 7.15. The Hall–Kier alpha value is -1.24. The van der Waals surface area contributed by atoms with E-state index in [1.807, 2.05) is 12.3 Å². The van der Waals surface area contributed by atoms with Crippen LogP contribution in [0.15, 0.2) is 23.6 Å². The summed E-state index contributed by atoms with van der Waals surface area (Å²) in [6, 6.07) is 4.57. The Bertz CT molecular complexity index is 577. The Kier molecular flexibility index (Phi) is 5.28. The molecule has 20 heavy (non-hydrogen) atoms. The smallest absolute Gasteiger partial charge is 0.387 e. The van der Waals surface area contributed by atoms with Crippen molar-refractivity contribution in [2.24, 2.45) is 0 Å². The monoisotopic (exact) mass is 318 g/mol. The number of hydrogen-bond donors (Lipinski definition) is 1. The molecule has 1 aromatic carbocycles. The minimum absolute atomic E-state index is 0.131. The fourth-order valence-corrected chi connectivity index (χ4v) is 2.52. The van der Waals surface area contributed by atoms with Crippen LogP contribution < -0.4 is 10.1 Å². The number of ether oxygens (including phenoxy) is 1. The summed E-state index contributed by atoms with van der Waals surface area (Å²) >= 11 is 7.44. The van der Waals surface area contributed by atoms with Crippen molar-refractivity contribution in [1.29, 1.82) is 0 Å². The molecule has 0 aliphatic rings. The van der Waals surface area contributed by atoms with E-state index < -0.39 is 6.61 Å². The maximum absolute atomic E-state index is 12.3. The molecular weight excluding hydrogens is 306 g/mol. The van der Waals surface area contributed by atoms with Crippen molar-refractivity contribution in [3.63, 3.8) is 0 Å². The Morgan fingerprint density at radius 1 is 1.40 bits per heavy atom. The van der Waals surface area contributed by atoms with Crippen molar-refractivity contribution in [3.05, 3.63) is 44.9 Å². The van der Waals surface area contributed by atoms with Gasteiger partial charge in [-0.25, -0.2) is 4.98 Å². The number of aromatic nitrogens is 1. The predicted molar refractivity (Wildman–Crippen MR) is 75.5 cm³/mol. The first-order chi connectivity index (χ1) is 9.54. The number of thiazole rings is 1. The molecule has 0 amide bonds. The fourth-order valence-electron chi connectivity index (χ4n) is 1.71. The maximum Gasteiger partial charge on any atom is 0.387 e. The van der Waals surface area contributed by atoms with Gasteiger partial charge < -0.3 is 10.1 Å². The largest absolute Gasteiger partial charge is 0.434 e. The van der Waals surface area contributed by atoms with E-state index in [9.17, 15) is 8.78 Å². The second kappa shape index (κ2) is 6.97. The third kappa shape index (κ3) is 4.40. The summed E-state index contributed by atoms with van der Waals surface area (Å²) in [7, 11) is 0. The Balaban J connectivity index is 1.98. The molecule has 108 valence electrons. The van der Waals surface area contributed by atoms with Gasteiger partial charge in [-0.1, -0.05) is 11.6 Å². The summed E-state index contributed by atoms with van der Waals surface area (Å²) in [6.45, 7) is 0.0141. The molecule has 0 atom stereocenters. The number of hydrogen-bond acceptors (Lipinski definition) is 4. The van der Waals surface area contributed by atoms with Crippen LogP contribution in [0.4, 0.5) is 8.78 Å². The van der Waals surface area contributed by atoms with E-state index in [1.165, 1.54) is 12.1 Å². The standard InChI is InChI=1S/C13H13ClF2N2OS/c1-8-18-11(7-20-8)6-17-5-9-4-10(14)2-3-12(9)19-13(15)16/h2-4,7,13,17H,5-6H2,1H3. The molecule has 7 heteroatoms. The zero-order valence-corrected chi connectivity index (χ0v) is 12.3. The van der Waals surface area contributed by atoms with Gasteiger partial charge in [0.1, 0.15) is 5.75 Å². The summed E-state index contributed by atoms with van der Waals surface area (Å²) in [5.74, 6) is 0.131. The van der Waals surface area contributed by atoms with Crippen LogP contribution in [-0.2, 0) is 13.1 Å². The SMILES string of the molecule is Cc1nc(CNCc2cc(Cl)ccc2OC(F)F)cs1. The van der Waals surface area contributed by atoms with Crippen LogP contribution in [0.1, 0.15) is 16.3 Å².